The average molecular weight is 499 g/mol. The second-order valence-corrected chi connectivity index (χ2v) is 11.9. The number of benzene rings is 3. The summed E-state index contributed by atoms with van der Waals surface area (Å²) in [6.07, 6.45) is 12.0. The summed E-state index contributed by atoms with van der Waals surface area (Å²) in [5.41, 5.74) is 3.64. The number of aliphatic hydroxyl groups is 1. The zero-order valence-corrected chi connectivity index (χ0v) is 21.6. The maximum absolute atomic E-state index is 11.9. The number of hydrogen-bond donors (Lipinski definition) is 2. The van der Waals surface area contributed by atoms with Crippen molar-refractivity contribution in [3.63, 3.8) is 0 Å². The molecule has 4 nitrogen and oxygen atoms in total. The molecular formula is C33H38O4. The summed E-state index contributed by atoms with van der Waals surface area (Å²) in [5.74, 6) is 2.70. The number of fused-ring (bicyclic) bond motifs is 1. The minimum absolute atomic E-state index is 0.212. The number of aliphatic hydroxyl groups excluding tert-OH is 1. The van der Waals surface area contributed by atoms with Gasteiger partial charge >= 0.3 is 5.97 Å². The summed E-state index contributed by atoms with van der Waals surface area (Å²) in [5, 5.41) is 21.1. The van der Waals surface area contributed by atoms with Gasteiger partial charge in [-0.3, -0.25) is 0 Å². The molecular weight excluding hydrogens is 460 g/mol. The van der Waals surface area contributed by atoms with Gasteiger partial charge in [-0.1, -0.05) is 36.8 Å². The molecule has 0 radical (unpaired) electrons. The van der Waals surface area contributed by atoms with Crippen molar-refractivity contribution in [1.29, 1.82) is 0 Å². The summed E-state index contributed by atoms with van der Waals surface area (Å²) < 4.78 is 6.54. The maximum Gasteiger partial charge on any atom is 0.336 e. The molecule has 0 amide bonds. The van der Waals surface area contributed by atoms with E-state index < -0.39 is 5.97 Å². The lowest BCUT2D eigenvalue weighted by Gasteiger charge is -2.57. The molecule has 0 heterocycles. The molecule has 4 aliphatic rings. The highest BCUT2D eigenvalue weighted by molar-refractivity contribution is 5.98. The van der Waals surface area contributed by atoms with E-state index in [1.807, 2.05) is 18.2 Å². The minimum atomic E-state index is -0.896. The van der Waals surface area contributed by atoms with Crippen molar-refractivity contribution >= 4 is 16.7 Å². The Labute approximate surface area is 219 Å². The monoisotopic (exact) mass is 498 g/mol. The highest BCUT2D eigenvalue weighted by atomic mass is 16.5. The quantitative estimate of drug-likeness (QED) is 0.282. The Hall–Kier alpha value is -2.85. The third-order valence-electron chi connectivity index (χ3n) is 9.33. The van der Waals surface area contributed by atoms with Crippen LogP contribution in [0.1, 0.15) is 80.1 Å². The first-order chi connectivity index (χ1) is 18.0. The fourth-order valence-corrected chi connectivity index (χ4v) is 8.09. The molecule has 7 rings (SSSR count). The predicted molar refractivity (Wildman–Crippen MR) is 147 cm³/mol. The number of hydrogen-bond acceptors (Lipinski definition) is 3. The Morgan fingerprint density at radius 1 is 0.838 bits per heavy atom. The van der Waals surface area contributed by atoms with Crippen LogP contribution in [0.25, 0.3) is 21.9 Å². The van der Waals surface area contributed by atoms with Crippen LogP contribution in [-0.2, 0) is 5.41 Å². The van der Waals surface area contributed by atoms with Crippen molar-refractivity contribution in [2.24, 2.45) is 17.8 Å². The largest absolute Gasteiger partial charge is 0.493 e. The highest BCUT2D eigenvalue weighted by Crippen LogP contribution is 2.62. The van der Waals surface area contributed by atoms with Crippen LogP contribution < -0.4 is 4.74 Å². The second-order valence-electron chi connectivity index (χ2n) is 11.9. The number of aromatic carboxylic acids is 1. The smallest absolute Gasteiger partial charge is 0.336 e. The van der Waals surface area contributed by atoms with Crippen LogP contribution in [0.5, 0.6) is 5.75 Å². The molecule has 4 aliphatic carbocycles. The zero-order chi connectivity index (χ0) is 25.4. The number of carboxylic acid groups (broad SMARTS) is 1. The molecule has 0 spiro atoms. The van der Waals surface area contributed by atoms with Gasteiger partial charge in [-0.2, -0.15) is 0 Å². The maximum atomic E-state index is 11.9. The molecule has 37 heavy (non-hydrogen) atoms. The highest BCUT2D eigenvalue weighted by Gasteiger charge is 2.52. The van der Waals surface area contributed by atoms with E-state index in [9.17, 15) is 9.90 Å². The number of unbranched alkanes of at least 4 members (excludes halogenated alkanes) is 3. The standard InChI is InChI=1S/C33H38O4/c34-11-5-1-2-6-12-37-31-18-25-9-10-26(28-7-3-4-8-29(28)32(35)36)16-27(25)17-30(31)33-19-22-13-23(20-33)15-24(14-22)21-33/h3-4,7-10,16-18,22-24,34H,1-2,5-6,11-15,19-21H2,(H,35,36). The Kier molecular flexibility index (Phi) is 6.71. The summed E-state index contributed by atoms with van der Waals surface area (Å²) in [6.45, 7) is 0.973. The van der Waals surface area contributed by atoms with Crippen LogP contribution in [0.4, 0.5) is 0 Å². The Balaban J connectivity index is 1.38. The van der Waals surface area contributed by atoms with Gasteiger partial charge in [0.05, 0.1) is 12.2 Å². The molecule has 3 aromatic rings. The lowest BCUT2D eigenvalue weighted by Crippen LogP contribution is -2.48. The molecule has 4 heteroatoms. The Morgan fingerprint density at radius 2 is 1.54 bits per heavy atom. The first kappa shape index (κ1) is 24.5. The third kappa shape index (κ3) is 4.77. The van der Waals surface area contributed by atoms with Gasteiger partial charge in [-0.25, -0.2) is 4.79 Å². The van der Waals surface area contributed by atoms with E-state index in [1.165, 1.54) is 49.5 Å². The van der Waals surface area contributed by atoms with Gasteiger partial charge in [-0.15, -0.1) is 0 Å². The van der Waals surface area contributed by atoms with Gasteiger partial charge in [0.25, 0.3) is 0 Å². The van der Waals surface area contributed by atoms with Gasteiger partial charge in [0.2, 0.25) is 0 Å². The van der Waals surface area contributed by atoms with Crippen molar-refractivity contribution in [2.45, 2.75) is 69.6 Å². The van der Waals surface area contributed by atoms with E-state index in [0.29, 0.717) is 12.2 Å². The summed E-state index contributed by atoms with van der Waals surface area (Å²) in [7, 11) is 0. The van der Waals surface area contributed by atoms with Crippen LogP contribution in [0, 0.1) is 17.8 Å². The molecule has 4 fully saturated rings. The molecule has 0 atom stereocenters. The zero-order valence-electron chi connectivity index (χ0n) is 21.6. The molecule has 4 bridgehead atoms. The molecule has 0 aliphatic heterocycles. The third-order valence-corrected chi connectivity index (χ3v) is 9.33. The van der Waals surface area contributed by atoms with Gasteiger partial charge in [0.1, 0.15) is 5.75 Å². The lowest BCUT2D eigenvalue weighted by molar-refractivity contribution is -0.00633. The number of carbonyl (C=O) groups is 1. The van der Waals surface area contributed by atoms with Gasteiger partial charge in [0.15, 0.2) is 0 Å². The van der Waals surface area contributed by atoms with E-state index in [4.69, 9.17) is 9.84 Å². The van der Waals surface area contributed by atoms with E-state index in [2.05, 4.69) is 24.3 Å². The normalized spacial score (nSPS) is 26.0. The van der Waals surface area contributed by atoms with Crippen molar-refractivity contribution < 1.29 is 19.7 Å². The number of ether oxygens (including phenoxy) is 1. The summed E-state index contributed by atoms with van der Waals surface area (Å²) >= 11 is 0. The van der Waals surface area contributed by atoms with Gasteiger partial charge < -0.3 is 14.9 Å². The van der Waals surface area contributed by atoms with Crippen LogP contribution in [0.15, 0.2) is 54.6 Å². The Bertz CT molecular complexity index is 1260. The second kappa shape index (κ2) is 10.1. The predicted octanol–water partition coefficient (Wildman–Crippen LogP) is 7.60. The van der Waals surface area contributed by atoms with Crippen molar-refractivity contribution in [3.8, 4) is 16.9 Å². The molecule has 0 saturated heterocycles. The van der Waals surface area contributed by atoms with E-state index in [-0.39, 0.29) is 12.0 Å². The van der Waals surface area contributed by atoms with E-state index >= 15 is 0 Å². The molecule has 3 aromatic carbocycles. The molecule has 2 N–H and O–H groups in total. The fraction of sp³-hybridized carbons (Fsp3) is 0.485. The average Bonchev–Trinajstić information content (AvgIpc) is 2.89. The fourth-order valence-electron chi connectivity index (χ4n) is 8.09. The van der Waals surface area contributed by atoms with Crippen LogP contribution in [-0.4, -0.2) is 29.4 Å². The van der Waals surface area contributed by atoms with E-state index in [1.54, 1.807) is 12.1 Å². The van der Waals surface area contributed by atoms with Crippen LogP contribution in [0.3, 0.4) is 0 Å². The minimum Gasteiger partial charge on any atom is -0.493 e. The van der Waals surface area contributed by atoms with Gasteiger partial charge in [0, 0.05) is 12.2 Å². The first-order valence-corrected chi connectivity index (χ1v) is 14.2. The van der Waals surface area contributed by atoms with Crippen molar-refractivity contribution in [2.75, 3.05) is 13.2 Å². The van der Waals surface area contributed by atoms with E-state index in [0.717, 1.165) is 65.7 Å². The van der Waals surface area contributed by atoms with Crippen molar-refractivity contribution in [3.05, 3.63) is 65.7 Å². The number of rotatable bonds is 10. The topological polar surface area (TPSA) is 66.8 Å². The summed E-state index contributed by atoms with van der Waals surface area (Å²) in [4.78, 5) is 11.9. The molecule has 4 saturated carbocycles. The van der Waals surface area contributed by atoms with Gasteiger partial charge in [-0.05, 0) is 127 Å². The molecule has 0 aromatic heterocycles. The Morgan fingerprint density at radius 3 is 2.24 bits per heavy atom. The molecule has 194 valence electrons. The van der Waals surface area contributed by atoms with Crippen LogP contribution in [0.2, 0.25) is 0 Å². The van der Waals surface area contributed by atoms with Crippen LogP contribution >= 0.6 is 0 Å². The molecule has 0 unspecified atom stereocenters. The first-order valence-electron chi connectivity index (χ1n) is 14.2. The number of carboxylic acids is 1. The summed E-state index contributed by atoms with van der Waals surface area (Å²) in [6, 6.07) is 18.2. The van der Waals surface area contributed by atoms with Crippen molar-refractivity contribution in [1.82, 2.24) is 0 Å². The lowest BCUT2D eigenvalue weighted by atomic mass is 9.48. The SMILES string of the molecule is O=C(O)c1ccccc1-c1ccc2cc(OCCCCCCO)c(C34CC5CC(CC(C5)C3)C4)cc2c1.